The molecule has 2 N–H and O–H groups in total. The molecular formula is C32H59NO11. The van der Waals surface area contributed by atoms with Crippen molar-refractivity contribution in [2.24, 2.45) is 0 Å². The number of hydrogen-bond acceptors (Lipinski definition) is 12. The third-order valence-corrected chi connectivity index (χ3v) is 5.89. The van der Waals surface area contributed by atoms with Crippen LogP contribution in [0.1, 0.15) is 32.6 Å². The Balaban J connectivity index is 1.63. The summed E-state index contributed by atoms with van der Waals surface area (Å²) in [5, 5.41) is 0. The minimum absolute atomic E-state index is 0.441. The summed E-state index contributed by atoms with van der Waals surface area (Å²) in [6.07, 6.45) is 4.90. The van der Waals surface area contributed by atoms with Crippen LogP contribution in [0.15, 0.2) is 24.3 Å². The maximum absolute atomic E-state index is 5.82. The lowest BCUT2D eigenvalue weighted by Gasteiger charge is -2.09. The van der Waals surface area contributed by atoms with Crippen LogP contribution in [0.5, 0.6) is 5.75 Å². The van der Waals surface area contributed by atoms with E-state index in [1.165, 1.54) is 19.3 Å². The quantitative estimate of drug-likeness (QED) is 0.0860. The zero-order chi connectivity index (χ0) is 31.4. The topological polar surface area (TPSA) is 128 Å². The van der Waals surface area contributed by atoms with Crippen LogP contribution in [0.3, 0.4) is 0 Å². The summed E-state index contributed by atoms with van der Waals surface area (Å²) < 4.78 is 60.4. The van der Waals surface area contributed by atoms with E-state index in [0.717, 1.165) is 13.0 Å². The molecule has 0 aliphatic carbocycles. The van der Waals surface area contributed by atoms with E-state index in [1.54, 1.807) is 6.07 Å². The lowest BCUT2D eigenvalue weighted by atomic mass is 10.2. The van der Waals surface area contributed by atoms with Crippen molar-refractivity contribution in [2.75, 3.05) is 144 Å². The number of nitrogens with two attached hydrogens (primary N) is 1. The van der Waals surface area contributed by atoms with Crippen LogP contribution >= 0.6 is 0 Å². The Hall–Kier alpha value is -1.58. The minimum Gasteiger partial charge on any atom is -0.489 e. The van der Waals surface area contributed by atoms with E-state index in [4.69, 9.17) is 57.8 Å². The maximum atomic E-state index is 5.82. The smallest absolute Gasteiger partial charge is 0.142 e. The number of nitrogen functional groups attached to an aromatic ring is 1. The number of anilines is 1. The third kappa shape index (κ3) is 29.1. The molecule has 12 nitrogen and oxygen atoms in total. The van der Waals surface area contributed by atoms with Crippen LogP contribution in [0, 0.1) is 0 Å². The van der Waals surface area contributed by atoms with Crippen LogP contribution in [0.25, 0.3) is 0 Å². The Kier molecular flexibility index (Phi) is 31.5. The van der Waals surface area contributed by atoms with Crippen molar-refractivity contribution < 1.29 is 52.1 Å². The first-order valence-corrected chi connectivity index (χ1v) is 16.1. The molecule has 0 aliphatic heterocycles. The molecule has 258 valence electrons. The van der Waals surface area contributed by atoms with E-state index in [0.29, 0.717) is 144 Å². The average molecular weight is 634 g/mol. The Bertz CT molecular complexity index is 702. The monoisotopic (exact) mass is 633 g/mol. The van der Waals surface area contributed by atoms with Gasteiger partial charge in [-0.3, -0.25) is 0 Å². The standard InChI is InChI=1S/C32H59NO11/c1-2-3-4-7-10-34-11-12-35-13-14-36-15-16-37-17-18-38-19-20-39-21-22-40-23-24-41-25-26-42-27-28-43-29-30-44-32-9-6-5-8-31(32)33/h5-6,8-9H,2-4,7,10-30,33H2,1H3. The van der Waals surface area contributed by atoms with Gasteiger partial charge >= 0.3 is 0 Å². The highest BCUT2D eigenvalue weighted by molar-refractivity contribution is 5.51. The largest absolute Gasteiger partial charge is 0.489 e. The lowest BCUT2D eigenvalue weighted by molar-refractivity contribution is -0.0267. The molecule has 0 amide bonds. The van der Waals surface area contributed by atoms with E-state index in [1.807, 2.05) is 18.2 Å². The van der Waals surface area contributed by atoms with Gasteiger partial charge in [0.05, 0.1) is 131 Å². The second-order valence-corrected chi connectivity index (χ2v) is 9.57. The van der Waals surface area contributed by atoms with E-state index in [2.05, 4.69) is 6.92 Å². The summed E-state index contributed by atoms with van der Waals surface area (Å²) in [5.41, 5.74) is 6.44. The van der Waals surface area contributed by atoms with Gasteiger partial charge in [-0.25, -0.2) is 0 Å². The van der Waals surface area contributed by atoms with Gasteiger partial charge in [-0.05, 0) is 18.6 Å². The first kappa shape index (κ1) is 40.4. The molecule has 0 radical (unpaired) electrons. The molecule has 12 heteroatoms. The van der Waals surface area contributed by atoms with Gasteiger partial charge in [0.25, 0.3) is 0 Å². The predicted molar refractivity (Wildman–Crippen MR) is 169 cm³/mol. The molecule has 44 heavy (non-hydrogen) atoms. The van der Waals surface area contributed by atoms with Crippen molar-refractivity contribution in [2.45, 2.75) is 32.6 Å². The van der Waals surface area contributed by atoms with Crippen molar-refractivity contribution in [3.63, 3.8) is 0 Å². The van der Waals surface area contributed by atoms with Crippen molar-refractivity contribution in [1.29, 1.82) is 0 Å². The van der Waals surface area contributed by atoms with Gasteiger partial charge in [0.15, 0.2) is 0 Å². The maximum Gasteiger partial charge on any atom is 0.142 e. The molecule has 0 atom stereocenters. The molecule has 0 fully saturated rings. The first-order valence-electron chi connectivity index (χ1n) is 16.1. The van der Waals surface area contributed by atoms with Crippen LogP contribution in [0.2, 0.25) is 0 Å². The minimum atomic E-state index is 0.441. The van der Waals surface area contributed by atoms with Gasteiger partial charge in [0.1, 0.15) is 12.4 Å². The fourth-order valence-electron chi connectivity index (χ4n) is 3.53. The molecule has 1 rings (SSSR count). The molecular weight excluding hydrogens is 574 g/mol. The van der Waals surface area contributed by atoms with Gasteiger partial charge < -0.3 is 57.8 Å². The summed E-state index contributed by atoms with van der Waals surface area (Å²) >= 11 is 0. The van der Waals surface area contributed by atoms with Crippen LogP contribution in [-0.4, -0.2) is 139 Å². The van der Waals surface area contributed by atoms with Crippen molar-refractivity contribution >= 4 is 5.69 Å². The molecule has 0 saturated heterocycles. The fourth-order valence-corrected chi connectivity index (χ4v) is 3.53. The highest BCUT2D eigenvalue weighted by Gasteiger charge is 1.99. The Morgan fingerprint density at radius 1 is 0.386 bits per heavy atom. The van der Waals surface area contributed by atoms with Crippen LogP contribution < -0.4 is 10.5 Å². The van der Waals surface area contributed by atoms with Crippen molar-refractivity contribution in [3.05, 3.63) is 24.3 Å². The number of unbranched alkanes of at least 4 members (excludes halogenated alkanes) is 3. The van der Waals surface area contributed by atoms with Crippen LogP contribution in [-0.2, 0) is 47.4 Å². The summed E-state index contributed by atoms with van der Waals surface area (Å²) in [6, 6.07) is 7.39. The van der Waals surface area contributed by atoms with Gasteiger partial charge in [-0.15, -0.1) is 0 Å². The molecule has 1 aromatic carbocycles. The normalized spacial score (nSPS) is 11.4. The highest BCUT2D eigenvalue weighted by atomic mass is 16.6. The molecule has 1 aromatic rings. The van der Waals surface area contributed by atoms with E-state index >= 15 is 0 Å². The van der Waals surface area contributed by atoms with Crippen LogP contribution in [0.4, 0.5) is 5.69 Å². The van der Waals surface area contributed by atoms with E-state index in [-0.39, 0.29) is 0 Å². The van der Waals surface area contributed by atoms with E-state index in [9.17, 15) is 0 Å². The van der Waals surface area contributed by atoms with Gasteiger partial charge in [0, 0.05) is 6.61 Å². The summed E-state index contributed by atoms with van der Waals surface area (Å²) in [6.45, 7) is 13.5. The second-order valence-electron chi connectivity index (χ2n) is 9.57. The zero-order valence-corrected chi connectivity index (χ0v) is 27.1. The summed E-state index contributed by atoms with van der Waals surface area (Å²) in [4.78, 5) is 0. The van der Waals surface area contributed by atoms with Crippen molar-refractivity contribution in [3.8, 4) is 5.75 Å². The molecule has 0 aromatic heterocycles. The van der Waals surface area contributed by atoms with Gasteiger partial charge in [0.2, 0.25) is 0 Å². The number of rotatable bonds is 36. The second kappa shape index (κ2) is 34.3. The predicted octanol–water partition coefficient (Wildman–Crippen LogP) is 3.39. The molecule has 0 heterocycles. The highest BCUT2D eigenvalue weighted by Crippen LogP contribution is 2.19. The first-order chi connectivity index (χ1) is 21.8. The SMILES string of the molecule is CCCCCCOCCOCCOCCOCCOCCOCCOCCOCCOCCOCCOc1ccccc1N. The molecule has 0 aliphatic rings. The fraction of sp³-hybridized carbons (Fsp3) is 0.812. The lowest BCUT2D eigenvalue weighted by Crippen LogP contribution is -2.15. The average Bonchev–Trinajstić information content (AvgIpc) is 3.03. The van der Waals surface area contributed by atoms with Gasteiger partial charge in [-0.1, -0.05) is 38.3 Å². The third-order valence-electron chi connectivity index (χ3n) is 5.89. The Morgan fingerprint density at radius 2 is 0.705 bits per heavy atom. The molecule has 0 saturated carbocycles. The zero-order valence-electron chi connectivity index (χ0n) is 27.1. The summed E-state index contributed by atoms with van der Waals surface area (Å²) in [5.74, 6) is 0.671. The number of hydrogen-bond donors (Lipinski definition) is 1. The number of ether oxygens (including phenoxy) is 11. The molecule has 0 spiro atoms. The summed E-state index contributed by atoms with van der Waals surface area (Å²) in [7, 11) is 0. The molecule has 0 bridgehead atoms. The Morgan fingerprint density at radius 3 is 1.05 bits per heavy atom. The molecule has 0 unspecified atom stereocenters. The van der Waals surface area contributed by atoms with Gasteiger partial charge in [-0.2, -0.15) is 0 Å². The van der Waals surface area contributed by atoms with E-state index < -0.39 is 0 Å². The Labute approximate surface area is 265 Å². The number of para-hydroxylation sites is 2. The number of benzene rings is 1. The van der Waals surface area contributed by atoms with Crippen molar-refractivity contribution in [1.82, 2.24) is 0 Å².